The standard InChI is InChI=1S/C23H20ClNO5S2/c1-3-11-30-22-16(5-4-6-18(22)29-2)17-12-20(26)25-21-19(13-31-23(17)21)32(27,28)15-9-7-14(24)8-10-15/h3-10,13,17H,1,11-12H2,2H3,(H,25,26)/t17-/m1/s1. The second-order valence-electron chi connectivity index (χ2n) is 7.08. The van der Waals surface area contributed by atoms with E-state index in [0.29, 0.717) is 22.2 Å². The summed E-state index contributed by atoms with van der Waals surface area (Å²) >= 11 is 7.20. The van der Waals surface area contributed by atoms with Crippen molar-refractivity contribution >= 4 is 44.4 Å². The van der Waals surface area contributed by atoms with Gasteiger partial charge in [-0.1, -0.05) is 36.4 Å². The number of carbonyl (C=O) groups is 1. The van der Waals surface area contributed by atoms with E-state index in [-0.39, 0.29) is 34.6 Å². The van der Waals surface area contributed by atoms with Gasteiger partial charge in [-0.15, -0.1) is 11.3 Å². The van der Waals surface area contributed by atoms with E-state index in [1.165, 1.54) is 35.6 Å². The van der Waals surface area contributed by atoms with E-state index < -0.39 is 9.84 Å². The Bertz CT molecular complexity index is 1280. The highest BCUT2D eigenvalue weighted by Gasteiger charge is 2.36. The Labute approximate surface area is 195 Å². The summed E-state index contributed by atoms with van der Waals surface area (Å²) in [6, 6.07) is 11.4. The Balaban J connectivity index is 1.83. The molecule has 0 bridgehead atoms. The molecule has 1 aromatic heterocycles. The third-order valence-corrected chi connectivity index (χ3v) is 8.41. The molecule has 0 saturated heterocycles. The quantitative estimate of drug-likeness (QED) is 0.456. The molecule has 0 saturated carbocycles. The third kappa shape index (κ3) is 4.01. The van der Waals surface area contributed by atoms with Crippen molar-refractivity contribution < 1.29 is 22.7 Å². The Morgan fingerprint density at radius 2 is 2.00 bits per heavy atom. The van der Waals surface area contributed by atoms with E-state index in [9.17, 15) is 13.2 Å². The number of fused-ring (bicyclic) bond motifs is 1. The van der Waals surface area contributed by atoms with E-state index in [0.717, 1.165) is 10.4 Å². The van der Waals surface area contributed by atoms with Crippen molar-refractivity contribution in [3.05, 3.63) is 76.0 Å². The molecule has 1 amide bonds. The van der Waals surface area contributed by atoms with Crippen molar-refractivity contribution in [2.24, 2.45) is 0 Å². The zero-order chi connectivity index (χ0) is 22.9. The van der Waals surface area contributed by atoms with Crippen LogP contribution < -0.4 is 14.8 Å². The van der Waals surface area contributed by atoms with E-state index in [1.54, 1.807) is 24.6 Å². The van der Waals surface area contributed by atoms with Crippen LogP contribution in [0.3, 0.4) is 0 Å². The zero-order valence-electron chi connectivity index (χ0n) is 17.1. The molecule has 0 radical (unpaired) electrons. The van der Waals surface area contributed by atoms with Crippen molar-refractivity contribution in [1.82, 2.24) is 0 Å². The topological polar surface area (TPSA) is 81.7 Å². The Kier molecular flexibility index (Phi) is 6.28. The second kappa shape index (κ2) is 8.97. The number of amides is 1. The van der Waals surface area contributed by atoms with Gasteiger partial charge in [-0.3, -0.25) is 4.79 Å². The highest BCUT2D eigenvalue weighted by Crippen LogP contribution is 2.49. The first-order valence-corrected chi connectivity index (χ1v) is 12.4. The maximum atomic E-state index is 13.3. The molecule has 6 nitrogen and oxygen atoms in total. The number of thiophene rings is 1. The molecule has 166 valence electrons. The lowest BCUT2D eigenvalue weighted by Crippen LogP contribution is -2.24. The lowest BCUT2D eigenvalue weighted by atomic mass is 9.89. The van der Waals surface area contributed by atoms with Crippen molar-refractivity contribution in [3.8, 4) is 11.5 Å². The summed E-state index contributed by atoms with van der Waals surface area (Å²) in [5, 5.41) is 4.77. The SMILES string of the molecule is C=CCOc1c(OC)cccc1[C@H]1CC(=O)Nc2c(S(=O)(=O)c3ccc(Cl)cc3)csc21. The van der Waals surface area contributed by atoms with Gasteiger partial charge in [-0.25, -0.2) is 8.42 Å². The molecule has 3 aromatic rings. The zero-order valence-corrected chi connectivity index (χ0v) is 19.5. The Morgan fingerprint density at radius 3 is 2.69 bits per heavy atom. The molecule has 1 aliphatic heterocycles. The number of nitrogens with one attached hydrogen (secondary N) is 1. The minimum Gasteiger partial charge on any atom is -0.493 e. The van der Waals surface area contributed by atoms with Gasteiger partial charge in [-0.2, -0.15) is 0 Å². The Morgan fingerprint density at radius 1 is 1.25 bits per heavy atom. The number of hydrogen-bond acceptors (Lipinski definition) is 6. The van der Waals surface area contributed by atoms with Gasteiger partial charge in [0.15, 0.2) is 11.5 Å². The molecule has 0 spiro atoms. The number of sulfone groups is 1. The summed E-state index contributed by atoms with van der Waals surface area (Å²) in [4.78, 5) is 13.6. The molecule has 4 rings (SSSR count). The summed E-state index contributed by atoms with van der Waals surface area (Å²) in [6.45, 7) is 3.95. The van der Waals surface area contributed by atoms with Crippen LogP contribution in [0, 0.1) is 0 Å². The minimum absolute atomic E-state index is 0.0642. The molecule has 2 aromatic carbocycles. The number of anilines is 1. The van der Waals surface area contributed by atoms with Crippen molar-refractivity contribution in [2.45, 2.75) is 22.1 Å². The maximum absolute atomic E-state index is 13.3. The fourth-order valence-corrected chi connectivity index (χ4v) is 6.68. The van der Waals surface area contributed by atoms with E-state index in [4.69, 9.17) is 21.1 Å². The van der Waals surface area contributed by atoms with Crippen LogP contribution >= 0.6 is 22.9 Å². The van der Waals surface area contributed by atoms with Crippen LogP contribution in [0.5, 0.6) is 11.5 Å². The van der Waals surface area contributed by atoms with Crippen molar-refractivity contribution in [2.75, 3.05) is 19.0 Å². The molecule has 1 aliphatic rings. The van der Waals surface area contributed by atoms with Crippen molar-refractivity contribution in [1.29, 1.82) is 0 Å². The molecule has 1 atom stereocenters. The molecule has 1 N–H and O–H groups in total. The lowest BCUT2D eigenvalue weighted by molar-refractivity contribution is -0.116. The number of ether oxygens (including phenoxy) is 2. The largest absolute Gasteiger partial charge is 0.493 e. The molecular weight excluding hydrogens is 470 g/mol. The average Bonchev–Trinajstić information content (AvgIpc) is 3.21. The van der Waals surface area contributed by atoms with Crippen LogP contribution in [0.1, 0.15) is 22.8 Å². The Hall–Kier alpha value is -2.81. The normalized spacial score (nSPS) is 15.6. The predicted octanol–water partition coefficient (Wildman–Crippen LogP) is 5.28. The van der Waals surface area contributed by atoms with Gasteiger partial charge in [0.05, 0.1) is 17.7 Å². The van der Waals surface area contributed by atoms with Crippen LogP contribution in [-0.4, -0.2) is 28.0 Å². The lowest BCUT2D eigenvalue weighted by Gasteiger charge is -2.26. The molecular formula is C23H20ClNO5S2. The van der Waals surface area contributed by atoms with Gasteiger partial charge in [-0.05, 0) is 30.3 Å². The second-order valence-corrected chi connectivity index (χ2v) is 10.3. The summed E-state index contributed by atoms with van der Waals surface area (Å²) in [6.07, 6.45) is 1.78. The number of benzene rings is 2. The monoisotopic (exact) mass is 489 g/mol. The number of halogens is 1. The van der Waals surface area contributed by atoms with E-state index in [1.807, 2.05) is 12.1 Å². The number of para-hydroxylation sites is 1. The van der Waals surface area contributed by atoms with Gasteiger partial charge in [0.25, 0.3) is 0 Å². The molecule has 9 heteroatoms. The smallest absolute Gasteiger partial charge is 0.225 e. The number of carbonyl (C=O) groups excluding carboxylic acids is 1. The first kappa shape index (κ1) is 22.4. The first-order chi connectivity index (χ1) is 15.4. The van der Waals surface area contributed by atoms with Gasteiger partial charge in [0.1, 0.15) is 11.5 Å². The molecule has 0 aliphatic carbocycles. The van der Waals surface area contributed by atoms with Gasteiger partial charge < -0.3 is 14.8 Å². The van der Waals surface area contributed by atoms with E-state index in [2.05, 4.69) is 11.9 Å². The average molecular weight is 490 g/mol. The first-order valence-electron chi connectivity index (χ1n) is 9.69. The van der Waals surface area contributed by atoms with Crippen LogP contribution in [-0.2, 0) is 14.6 Å². The number of hydrogen-bond donors (Lipinski definition) is 1. The maximum Gasteiger partial charge on any atom is 0.225 e. The fourth-order valence-electron chi connectivity index (χ4n) is 3.66. The van der Waals surface area contributed by atoms with Crippen LogP contribution in [0.4, 0.5) is 5.69 Å². The summed E-state index contributed by atoms with van der Waals surface area (Å²) in [5.74, 6) is 0.386. The third-order valence-electron chi connectivity index (χ3n) is 5.12. The van der Waals surface area contributed by atoms with Crippen LogP contribution in [0.2, 0.25) is 5.02 Å². The predicted molar refractivity (Wildman–Crippen MR) is 125 cm³/mol. The molecule has 2 heterocycles. The molecule has 0 unspecified atom stereocenters. The summed E-state index contributed by atoms with van der Waals surface area (Å²) < 4.78 is 37.9. The number of methoxy groups -OCH3 is 1. The summed E-state index contributed by atoms with van der Waals surface area (Å²) in [5.41, 5.74) is 1.06. The fraction of sp³-hybridized carbons (Fsp3) is 0.174. The highest BCUT2D eigenvalue weighted by atomic mass is 35.5. The van der Waals surface area contributed by atoms with Crippen LogP contribution in [0.25, 0.3) is 0 Å². The molecule has 0 fully saturated rings. The summed E-state index contributed by atoms with van der Waals surface area (Å²) in [7, 11) is -2.31. The van der Waals surface area contributed by atoms with Crippen LogP contribution in [0.15, 0.2) is 70.3 Å². The molecule has 32 heavy (non-hydrogen) atoms. The van der Waals surface area contributed by atoms with Gasteiger partial charge in [0.2, 0.25) is 15.7 Å². The highest BCUT2D eigenvalue weighted by molar-refractivity contribution is 7.91. The van der Waals surface area contributed by atoms with Gasteiger partial charge >= 0.3 is 0 Å². The minimum atomic E-state index is -3.85. The van der Waals surface area contributed by atoms with Crippen molar-refractivity contribution in [3.63, 3.8) is 0 Å². The van der Waals surface area contributed by atoms with E-state index >= 15 is 0 Å². The number of rotatable bonds is 7. The van der Waals surface area contributed by atoms with Gasteiger partial charge in [0, 0.05) is 33.2 Å².